The van der Waals surface area contributed by atoms with Crippen molar-refractivity contribution in [1.29, 1.82) is 0 Å². The molecule has 2 aliphatic heterocycles. The maximum atomic E-state index is 13.1. The fourth-order valence-corrected chi connectivity index (χ4v) is 5.54. The highest BCUT2D eigenvalue weighted by atomic mass is 32.2. The van der Waals surface area contributed by atoms with E-state index in [1.54, 1.807) is 22.9 Å². The van der Waals surface area contributed by atoms with Crippen LogP contribution in [0.3, 0.4) is 0 Å². The summed E-state index contributed by atoms with van der Waals surface area (Å²) in [4.78, 5) is 34.4. The Bertz CT molecular complexity index is 1120. The number of aromatic nitrogens is 1. The first-order chi connectivity index (χ1) is 15.7. The van der Waals surface area contributed by atoms with E-state index in [0.717, 1.165) is 29.7 Å². The van der Waals surface area contributed by atoms with Crippen LogP contribution in [0.25, 0.3) is 10.9 Å². The number of thioether (sulfide) groups is 1. The van der Waals surface area contributed by atoms with E-state index in [0.29, 0.717) is 18.8 Å². The molecule has 5 rings (SSSR count). The molecule has 0 unspecified atom stereocenters. The zero-order chi connectivity index (χ0) is 21.9. The largest absolute Gasteiger partial charge is 0.342 e. The van der Waals surface area contributed by atoms with Crippen molar-refractivity contribution in [2.75, 3.05) is 25.4 Å². The molecule has 2 aliphatic rings. The van der Waals surface area contributed by atoms with Crippen LogP contribution in [0.2, 0.25) is 0 Å². The summed E-state index contributed by atoms with van der Waals surface area (Å²) in [6, 6.07) is 19.5. The van der Waals surface area contributed by atoms with Crippen molar-refractivity contribution in [2.45, 2.75) is 24.4 Å². The Hall–Kier alpha value is -2.90. The Morgan fingerprint density at radius 1 is 1.00 bits per heavy atom. The SMILES string of the molecule is O=C1N[C@@H](CSCc2ccccc2)C(=O)N2CCN(Cc3cccc4ncccc34)C[C@H]12. The second kappa shape index (κ2) is 9.30. The number of hydrogen-bond donors (Lipinski definition) is 1. The Kier molecular flexibility index (Phi) is 6.10. The average molecular weight is 447 g/mol. The van der Waals surface area contributed by atoms with Gasteiger partial charge < -0.3 is 10.2 Å². The van der Waals surface area contributed by atoms with Gasteiger partial charge in [0.05, 0.1) is 5.52 Å². The highest BCUT2D eigenvalue weighted by Gasteiger charge is 2.43. The molecule has 2 fully saturated rings. The number of pyridine rings is 1. The van der Waals surface area contributed by atoms with Gasteiger partial charge in [-0.25, -0.2) is 0 Å². The van der Waals surface area contributed by atoms with Gasteiger partial charge in [-0.3, -0.25) is 19.5 Å². The number of fused-ring (bicyclic) bond motifs is 2. The minimum Gasteiger partial charge on any atom is -0.342 e. The zero-order valence-corrected chi connectivity index (χ0v) is 18.6. The summed E-state index contributed by atoms with van der Waals surface area (Å²) in [5.41, 5.74) is 3.40. The lowest BCUT2D eigenvalue weighted by Crippen LogP contribution is -2.69. The van der Waals surface area contributed by atoms with E-state index in [2.05, 4.69) is 39.5 Å². The molecule has 3 heterocycles. The molecule has 2 amide bonds. The molecule has 1 N–H and O–H groups in total. The number of rotatable bonds is 6. The number of nitrogens with one attached hydrogen (secondary N) is 1. The molecular formula is C25H26N4O2S. The Labute approximate surface area is 192 Å². The van der Waals surface area contributed by atoms with Gasteiger partial charge in [-0.1, -0.05) is 48.5 Å². The Balaban J connectivity index is 1.21. The summed E-state index contributed by atoms with van der Waals surface area (Å²) in [7, 11) is 0. The van der Waals surface area contributed by atoms with Gasteiger partial charge in [0.25, 0.3) is 0 Å². The molecule has 2 atom stereocenters. The molecule has 3 aromatic rings. The van der Waals surface area contributed by atoms with Gasteiger partial charge in [-0.05, 0) is 23.3 Å². The smallest absolute Gasteiger partial charge is 0.246 e. The van der Waals surface area contributed by atoms with E-state index in [1.807, 2.05) is 36.4 Å². The third-order valence-electron chi connectivity index (χ3n) is 6.19. The molecule has 2 aromatic carbocycles. The van der Waals surface area contributed by atoms with Crippen LogP contribution >= 0.6 is 11.8 Å². The zero-order valence-electron chi connectivity index (χ0n) is 17.8. The van der Waals surface area contributed by atoms with Gasteiger partial charge >= 0.3 is 0 Å². The van der Waals surface area contributed by atoms with E-state index in [1.165, 1.54) is 11.1 Å². The van der Waals surface area contributed by atoms with Crippen LogP contribution < -0.4 is 5.32 Å². The van der Waals surface area contributed by atoms with Crippen molar-refractivity contribution < 1.29 is 9.59 Å². The number of benzene rings is 2. The van der Waals surface area contributed by atoms with Gasteiger partial charge in [0.1, 0.15) is 12.1 Å². The van der Waals surface area contributed by atoms with Crippen molar-refractivity contribution in [1.82, 2.24) is 20.1 Å². The van der Waals surface area contributed by atoms with Crippen molar-refractivity contribution in [3.8, 4) is 0 Å². The van der Waals surface area contributed by atoms with Crippen LogP contribution in [-0.2, 0) is 21.9 Å². The first-order valence-corrected chi connectivity index (χ1v) is 12.1. The second-order valence-electron chi connectivity index (χ2n) is 8.33. The molecule has 2 saturated heterocycles. The third-order valence-corrected chi connectivity index (χ3v) is 7.30. The van der Waals surface area contributed by atoms with Gasteiger partial charge in [-0.15, -0.1) is 0 Å². The van der Waals surface area contributed by atoms with Crippen LogP contribution in [0, 0.1) is 0 Å². The summed E-state index contributed by atoms with van der Waals surface area (Å²) in [5.74, 6) is 1.43. The number of hydrogen-bond acceptors (Lipinski definition) is 5. The van der Waals surface area contributed by atoms with Gasteiger partial charge in [-0.2, -0.15) is 11.8 Å². The lowest BCUT2D eigenvalue weighted by molar-refractivity contribution is -0.152. The Morgan fingerprint density at radius 2 is 1.88 bits per heavy atom. The summed E-state index contributed by atoms with van der Waals surface area (Å²) in [6.45, 7) is 2.64. The number of carbonyl (C=O) groups is 2. The maximum absolute atomic E-state index is 13.1. The molecule has 7 heteroatoms. The van der Waals surface area contributed by atoms with Crippen LogP contribution in [0.5, 0.6) is 0 Å². The lowest BCUT2D eigenvalue weighted by Gasteiger charge is -2.45. The molecule has 0 aliphatic carbocycles. The first kappa shape index (κ1) is 21.0. The van der Waals surface area contributed by atoms with E-state index >= 15 is 0 Å². The summed E-state index contributed by atoms with van der Waals surface area (Å²) in [6.07, 6.45) is 1.80. The average Bonchev–Trinajstić information content (AvgIpc) is 2.83. The second-order valence-corrected chi connectivity index (χ2v) is 9.36. The van der Waals surface area contributed by atoms with E-state index in [4.69, 9.17) is 0 Å². The van der Waals surface area contributed by atoms with Crippen molar-refractivity contribution in [3.05, 3.63) is 78.0 Å². The van der Waals surface area contributed by atoms with Crippen molar-refractivity contribution in [2.24, 2.45) is 0 Å². The summed E-state index contributed by atoms with van der Waals surface area (Å²) >= 11 is 1.68. The van der Waals surface area contributed by atoms with Crippen LogP contribution in [0.4, 0.5) is 0 Å². The third kappa shape index (κ3) is 4.36. The van der Waals surface area contributed by atoms with E-state index in [9.17, 15) is 9.59 Å². The quantitative estimate of drug-likeness (QED) is 0.631. The van der Waals surface area contributed by atoms with Gasteiger partial charge in [0.2, 0.25) is 11.8 Å². The minimum atomic E-state index is -0.442. The predicted octanol–water partition coefficient (Wildman–Crippen LogP) is 2.68. The molecule has 1 aromatic heterocycles. The normalized spacial score (nSPS) is 21.4. The highest BCUT2D eigenvalue weighted by Crippen LogP contribution is 2.23. The fraction of sp³-hybridized carbons (Fsp3) is 0.320. The van der Waals surface area contributed by atoms with Crippen molar-refractivity contribution in [3.63, 3.8) is 0 Å². The molecule has 0 spiro atoms. The molecule has 164 valence electrons. The van der Waals surface area contributed by atoms with Gasteiger partial charge in [0.15, 0.2) is 0 Å². The van der Waals surface area contributed by atoms with E-state index in [-0.39, 0.29) is 11.8 Å². The highest BCUT2D eigenvalue weighted by molar-refractivity contribution is 7.98. The van der Waals surface area contributed by atoms with Crippen LogP contribution in [0.1, 0.15) is 11.1 Å². The topological polar surface area (TPSA) is 65.5 Å². The van der Waals surface area contributed by atoms with E-state index < -0.39 is 12.1 Å². The van der Waals surface area contributed by atoms with Crippen LogP contribution in [0.15, 0.2) is 66.9 Å². The Morgan fingerprint density at radius 3 is 2.75 bits per heavy atom. The molecule has 0 bridgehead atoms. The monoisotopic (exact) mass is 446 g/mol. The predicted molar refractivity (Wildman–Crippen MR) is 127 cm³/mol. The van der Waals surface area contributed by atoms with Crippen LogP contribution in [-0.4, -0.2) is 64.1 Å². The number of piperazine rings is 2. The lowest BCUT2D eigenvalue weighted by atomic mass is 10.0. The summed E-state index contributed by atoms with van der Waals surface area (Å²) in [5, 5.41) is 4.11. The molecule has 32 heavy (non-hydrogen) atoms. The standard InChI is InChI=1S/C25H26N4O2S/c30-24-23-15-28(14-19-8-4-10-21-20(19)9-5-11-26-21)12-13-29(23)25(31)22(27-24)17-32-16-18-6-2-1-3-7-18/h1-11,22-23H,12-17H2,(H,27,30)/t22-,23+/m0/s1. The summed E-state index contributed by atoms with van der Waals surface area (Å²) < 4.78 is 0. The molecule has 0 radical (unpaired) electrons. The molecular weight excluding hydrogens is 420 g/mol. The molecule has 6 nitrogen and oxygen atoms in total. The number of nitrogens with zero attached hydrogens (tertiary/aromatic N) is 3. The minimum absolute atomic E-state index is 0.0424. The maximum Gasteiger partial charge on any atom is 0.246 e. The number of amides is 2. The van der Waals surface area contributed by atoms with Crippen molar-refractivity contribution >= 4 is 34.5 Å². The first-order valence-electron chi connectivity index (χ1n) is 11.0. The molecule has 0 saturated carbocycles. The van der Waals surface area contributed by atoms with Gasteiger partial charge in [0, 0.05) is 49.3 Å². The number of carbonyl (C=O) groups excluding carboxylic acids is 2. The fourth-order valence-electron chi connectivity index (χ4n) is 4.53.